The fourth-order valence-corrected chi connectivity index (χ4v) is 3.32. The van der Waals surface area contributed by atoms with Crippen LogP contribution >= 0.6 is 11.6 Å². The number of aromatic nitrogens is 3. The van der Waals surface area contributed by atoms with Gasteiger partial charge >= 0.3 is 5.69 Å². The first kappa shape index (κ1) is 23.4. The van der Waals surface area contributed by atoms with Crippen LogP contribution in [0.1, 0.15) is 15.9 Å². The van der Waals surface area contributed by atoms with Crippen molar-refractivity contribution in [2.75, 3.05) is 20.3 Å². The van der Waals surface area contributed by atoms with Crippen molar-refractivity contribution in [2.45, 2.75) is 19.1 Å². The Kier molecular flexibility index (Phi) is 7.93. The molecule has 3 aromatic rings. The van der Waals surface area contributed by atoms with Gasteiger partial charge in [-0.1, -0.05) is 41.9 Å². The molecule has 0 saturated heterocycles. The minimum Gasteiger partial charge on any atom is -0.389 e. The van der Waals surface area contributed by atoms with Gasteiger partial charge in [-0.2, -0.15) is 9.78 Å². The lowest BCUT2D eigenvalue weighted by Gasteiger charge is -2.13. The Bertz CT molecular complexity index is 1190. The molecule has 0 saturated carbocycles. The molecular formula is C22H23ClN4O5. The van der Waals surface area contributed by atoms with Gasteiger partial charge in [0.05, 0.1) is 35.5 Å². The molecule has 0 fully saturated rings. The van der Waals surface area contributed by atoms with E-state index in [0.717, 1.165) is 21.0 Å². The molecule has 1 amide bonds. The molecule has 9 nitrogen and oxygen atoms in total. The van der Waals surface area contributed by atoms with Crippen molar-refractivity contribution in [3.63, 3.8) is 0 Å². The van der Waals surface area contributed by atoms with Crippen LogP contribution in [-0.2, 0) is 17.7 Å². The average molecular weight is 459 g/mol. The molecule has 0 unspecified atom stereocenters. The summed E-state index contributed by atoms with van der Waals surface area (Å²) in [7, 11) is 1.40. The zero-order valence-corrected chi connectivity index (χ0v) is 18.2. The largest absolute Gasteiger partial charge is 0.389 e. The normalized spacial score (nSPS) is 11.8. The number of amides is 1. The topological polar surface area (TPSA) is 115 Å². The van der Waals surface area contributed by atoms with E-state index in [9.17, 15) is 19.5 Å². The SMILES string of the molecule is COC[C@H](O)Cn1c(=O)cnn(-c2ccc(Cl)c(C(=O)NCCc3ccccc3)c2)c1=O. The van der Waals surface area contributed by atoms with Gasteiger partial charge in [0.1, 0.15) is 6.20 Å². The number of nitrogens with one attached hydrogen (secondary N) is 1. The maximum atomic E-state index is 12.8. The Morgan fingerprint density at radius 1 is 1.22 bits per heavy atom. The van der Waals surface area contributed by atoms with Crippen LogP contribution in [0.3, 0.4) is 0 Å². The van der Waals surface area contributed by atoms with E-state index < -0.39 is 23.3 Å². The second-order valence-corrected chi connectivity index (χ2v) is 7.46. The number of hydrogen-bond donors (Lipinski definition) is 2. The Balaban J connectivity index is 1.82. The van der Waals surface area contributed by atoms with Gasteiger partial charge in [0, 0.05) is 13.7 Å². The van der Waals surface area contributed by atoms with Crippen LogP contribution in [0.2, 0.25) is 5.02 Å². The number of hydrogen-bond acceptors (Lipinski definition) is 6. The molecule has 0 bridgehead atoms. The molecule has 10 heteroatoms. The quantitative estimate of drug-likeness (QED) is 0.495. The van der Waals surface area contributed by atoms with Crippen molar-refractivity contribution in [3.8, 4) is 5.69 Å². The standard InChI is InChI=1S/C22H23ClN4O5/c1-32-14-17(28)13-26-20(29)12-25-27(22(26)31)16-7-8-19(23)18(11-16)21(30)24-10-9-15-5-3-2-4-6-15/h2-8,11-12,17,28H,9-10,13-14H2,1H3,(H,24,30)/t17-/m1/s1. The highest BCUT2D eigenvalue weighted by Crippen LogP contribution is 2.19. The second-order valence-electron chi connectivity index (χ2n) is 7.05. The van der Waals surface area contributed by atoms with Gasteiger partial charge in [-0.15, -0.1) is 0 Å². The lowest BCUT2D eigenvalue weighted by molar-refractivity contribution is 0.0519. The van der Waals surface area contributed by atoms with Crippen LogP contribution in [0, 0.1) is 0 Å². The highest BCUT2D eigenvalue weighted by atomic mass is 35.5. The summed E-state index contributed by atoms with van der Waals surface area (Å²) in [6.45, 7) is 0.112. The lowest BCUT2D eigenvalue weighted by Crippen LogP contribution is -2.43. The molecule has 0 aliphatic rings. The third-order valence-electron chi connectivity index (χ3n) is 4.70. The number of aliphatic hydroxyl groups excluding tert-OH is 1. The number of aliphatic hydroxyl groups is 1. The third kappa shape index (κ3) is 5.70. The Labute approximate surface area is 188 Å². The average Bonchev–Trinajstić information content (AvgIpc) is 2.78. The maximum Gasteiger partial charge on any atom is 0.352 e. The summed E-state index contributed by atoms with van der Waals surface area (Å²) in [6, 6.07) is 14.1. The zero-order chi connectivity index (χ0) is 23.1. The van der Waals surface area contributed by atoms with Crippen molar-refractivity contribution in [2.24, 2.45) is 0 Å². The van der Waals surface area contributed by atoms with E-state index in [1.807, 2.05) is 30.3 Å². The Morgan fingerprint density at radius 3 is 2.69 bits per heavy atom. The predicted octanol–water partition coefficient (Wildman–Crippen LogP) is 1.03. The number of methoxy groups -OCH3 is 1. The van der Waals surface area contributed by atoms with E-state index in [4.69, 9.17) is 16.3 Å². The minimum atomic E-state index is -1.04. The molecule has 168 valence electrons. The van der Waals surface area contributed by atoms with Crippen molar-refractivity contribution in [1.82, 2.24) is 19.7 Å². The number of halogens is 1. The summed E-state index contributed by atoms with van der Waals surface area (Å²) in [5.74, 6) is -0.398. The van der Waals surface area contributed by atoms with Gasteiger partial charge in [-0.3, -0.25) is 14.2 Å². The molecule has 1 aromatic heterocycles. The van der Waals surface area contributed by atoms with Gasteiger partial charge in [0.2, 0.25) is 0 Å². The number of carbonyl (C=O) groups is 1. The summed E-state index contributed by atoms with van der Waals surface area (Å²) in [4.78, 5) is 37.5. The molecule has 0 aliphatic heterocycles. The molecule has 0 radical (unpaired) electrons. The maximum absolute atomic E-state index is 12.8. The summed E-state index contributed by atoms with van der Waals surface area (Å²) in [6.07, 6.45) is 0.576. The van der Waals surface area contributed by atoms with Crippen molar-refractivity contribution in [3.05, 3.63) is 91.7 Å². The van der Waals surface area contributed by atoms with E-state index in [2.05, 4.69) is 10.4 Å². The van der Waals surface area contributed by atoms with Crippen LogP contribution in [0.4, 0.5) is 0 Å². The minimum absolute atomic E-state index is 0.0392. The lowest BCUT2D eigenvalue weighted by atomic mass is 10.1. The summed E-state index contributed by atoms with van der Waals surface area (Å²) in [5.41, 5.74) is 0.0895. The van der Waals surface area contributed by atoms with E-state index in [1.165, 1.54) is 25.3 Å². The van der Waals surface area contributed by atoms with E-state index in [0.29, 0.717) is 13.0 Å². The van der Waals surface area contributed by atoms with Crippen molar-refractivity contribution in [1.29, 1.82) is 0 Å². The molecule has 0 spiro atoms. The van der Waals surface area contributed by atoms with Gasteiger partial charge < -0.3 is 15.2 Å². The third-order valence-corrected chi connectivity index (χ3v) is 5.02. The number of rotatable bonds is 9. The molecular weight excluding hydrogens is 436 g/mol. The summed E-state index contributed by atoms with van der Waals surface area (Å²) < 4.78 is 6.66. The number of carbonyl (C=O) groups excluding carboxylic acids is 1. The fourth-order valence-electron chi connectivity index (χ4n) is 3.12. The van der Waals surface area contributed by atoms with Crippen LogP contribution in [0.25, 0.3) is 5.69 Å². The van der Waals surface area contributed by atoms with Crippen molar-refractivity contribution >= 4 is 17.5 Å². The zero-order valence-electron chi connectivity index (χ0n) is 17.4. The highest BCUT2D eigenvalue weighted by Gasteiger charge is 2.16. The fraction of sp³-hybridized carbons (Fsp3) is 0.273. The predicted molar refractivity (Wildman–Crippen MR) is 119 cm³/mol. The van der Waals surface area contributed by atoms with E-state index in [-0.39, 0.29) is 29.4 Å². The van der Waals surface area contributed by atoms with Gasteiger partial charge in [0.25, 0.3) is 11.5 Å². The van der Waals surface area contributed by atoms with Gasteiger partial charge in [-0.25, -0.2) is 4.79 Å². The first-order valence-electron chi connectivity index (χ1n) is 9.89. The molecule has 2 aromatic carbocycles. The van der Waals surface area contributed by atoms with Crippen molar-refractivity contribution < 1.29 is 14.6 Å². The molecule has 1 heterocycles. The highest BCUT2D eigenvalue weighted by molar-refractivity contribution is 6.33. The second kappa shape index (κ2) is 10.9. The van der Waals surface area contributed by atoms with E-state index >= 15 is 0 Å². The number of nitrogens with zero attached hydrogens (tertiary/aromatic N) is 3. The number of ether oxygens (including phenoxy) is 1. The first-order valence-corrected chi connectivity index (χ1v) is 10.3. The van der Waals surface area contributed by atoms with Crippen LogP contribution < -0.4 is 16.6 Å². The van der Waals surface area contributed by atoms with Gasteiger partial charge in [-0.05, 0) is 30.2 Å². The van der Waals surface area contributed by atoms with Crippen LogP contribution in [0.5, 0.6) is 0 Å². The van der Waals surface area contributed by atoms with E-state index in [1.54, 1.807) is 0 Å². The van der Waals surface area contributed by atoms with Crippen LogP contribution in [0.15, 0.2) is 64.3 Å². The Hall–Kier alpha value is -3.27. The summed E-state index contributed by atoms with van der Waals surface area (Å²) in [5, 5.41) is 16.8. The van der Waals surface area contributed by atoms with Crippen LogP contribution in [-0.4, -0.2) is 51.7 Å². The van der Waals surface area contributed by atoms with Gasteiger partial charge in [0.15, 0.2) is 0 Å². The monoisotopic (exact) mass is 458 g/mol. The first-order chi connectivity index (χ1) is 15.4. The molecule has 3 rings (SSSR count). The summed E-state index contributed by atoms with van der Waals surface area (Å²) >= 11 is 6.20. The molecule has 0 aliphatic carbocycles. The Morgan fingerprint density at radius 2 is 1.97 bits per heavy atom. The molecule has 32 heavy (non-hydrogen) atoms. The number of benzene rings is 2. The smallest absolute Gasteiger partial charge is 0.352 e. The molecule has 2 N–H and O–H groups in total. The molecule has 1 atom stereocenters.